The van der Waals surface area contributed by atoms with Gasteiger partial charge in [-0.05, 0) is 19.1 Å². The maximum Gasteiger partial charge on any atom is 0.257 e. The minimum absolute atomic E-state index is 0.293. The molecule has 0 unspecified atom stereocenters. The van der Waals surface area contributed by atoms with Gasteiger partial charge in [-0.15, -0.1) is 10.2 Å². The Hall–Kier alpha value is -2.74. The summed E-state index contributed by atoms with van der Waals surface area (Å²) in [6, 6.07) is 3.21. The molecule has 0 atom stereocenters. The number of halogens is 1. The molecule has 0 aromatic carbocycles. The lowest BCUT2D eigenvalue weighted by Crippen LogP contribution is -2.13. The number of carbonyl (C=O) groups excluding carboxylic acids is 1. The predicted octanol–water partition coefficient (Wildman–Crippen LogP) is 1.60. The zero-order valence-electron chi connectivity index (χ0n) is 10.9. The number of hydrogen-bond donors (Lipinski definition) is 2. The van der Waals surface area contributed by atoms with Crippen molar-refractivity contribution in [3.63, 3.8) is 0 Å². The van der Waals surface area contributed by atoms with Crippen LogP contribution in [0.15, 0.2) is 31.0 Å². The summed E-state index contributed by atoms with van der Waals surface area (Å²) in [5.74, 6) is 0.499. The van der Waals surface area contributed by atoms with Crippen molar-refractivity contribution >= 4 is 23.3 Å². The molecule has 0 radical (unpaired) electrons. The van der Waals surface area contributed by atoms with Gasteiger partial charge >= 0.3 is 0 Å². The van der Waals surface area contributed by atoms with Crippen molar-refractivity contribution in [1.29, 1.82) is 0 Å². The molecule has 9 heteroatoms. The van der Waals surface area contributed by atoms with Crippen molar-refractivity contribution in [2.24, 2.45) is 0 Å². The van der Waals surface area contributed by atoms with Gasteiger partial charge in [-0.25, -0.2) is 4.98 Å². The second-order valence-electron chi connectivity index (χ2n) is 4.24. The van der Waals surface area contributed by atoms with E-state index >= 15 is 0 Å². The highest BCUT2D eigenvalue weighted by molar-refractivity contribution is 6.34. The third kappa shape index (κ3) is 2.61. The van der Waals surface area contributed by atoms with Crippen molar-refractivity contribution in [3.05, 3.63) is 47.3 Å². The summed E-state index contributed by atoms with van der Waals surface area (Å²) in [6.45, 7) is 1.77. The fourth-order valence-electron chi connectivity index (χ4n) is 1.70. The smallest absolute Gasteiger partial charge is 0.257 e. The highest BCUT2D eigenvalue weighted by Gasteiger charge is 2.13. The maximum absolute atomic E-state index is 12.2. The van der Waals surface area contributed by atoms with Crippen LogP contribution in [0, 0.1) is 6.92 Å². The number of aromatic nitrogens is 6. The summed E-state index contributed by atoms with van der Waals surface area (Å²) >= 11 is 6.01. The van der Waals surface area contributed by atoms with Crippen molar-refractivity contribution in [3.8, 4) is 5.82 Å². The van der Waals surface area contributed by atoms with Crippen LogP contribution in [-0.2, 0) is 0 Å². The summed E-state index contributed by atoms with van der Waals surface area (Å²) in [6.07, 6.45) is 4.53. The Labute approximate surface area is 124 Å². The third-order valence-electron chi connectivity index (χ3n) is 2.80. The summed E-state index contributed by atoms with van der Waals surface area (Å²) in [4.78, 5) is 16.4. The quantitative estimate of drug-likeness (QED) is 0.765. The number of carbonyl (C=O) groups is 1. The zero-order valence-corrected chi connectivity index (χ0v) is 11.7. The Kier molecular flexibility index (Phi) is 3.36. The summed E-state index contributed by atoms with van der Waals surface area (Å²) in [5.41, 5.74) is 1.11. The minimum Gasteiger partial charge on any atom is -0.304 e. The molecule has 3 aromatic rings. The molecule has 0 saturated carbocycles. The second-order valence-corrected chi connectivity index (χ2v) is 4.62. The van der Waals surface area contributed by atoms with Crippen molar-refractivity contribution < 1.29 is 4.79 Å². The number of hydrogen-bond acceptors (Lipinski definition) is 5. The molecule has 1 amide bonds. The van der Waals surface area contributed by atoms with Gasteiger partial charge in [-0.2, -0.15) is 5.10 Å². The van der Waals surface area contributed by atoms with E-state index in [0.717, 1.165) is 0 Å². The largest absolute Gasteiger partial charge is 0.304 e. The van der Waals surface area contributed by atoms with E-state index in [4.69, 9.17) is 11.6 Å². The van der Waals surface area contributed by atoms with Crippen molar-refractivity contribution in [2.45, 2.75) is 6.92 Å². The Morgan fingerprint density at radius 1 is 1.38 bits per heavy atom. The molecule has 0 aliphatic carbocycles. The first kappa shape index (κ1) is 13.3. The molecule has 0 saturated heterocycles. The topological polar surface area (TPSA) is 101 Å². The van der Waals surface area contributed by atoms with Gasteiger partial charge in [0, 0.05) is 11.8 Å². The average Bonchev–Trinajstić information content (AvgIpc) is 3.13. The van der Waals surface area contributed by atoms with Crippen molar-refractivity contribution in [1.82, 2.24) is 29.9 Å². The van der Waals surface area contributed by atoms with Gasteiger partial charge in [0.05, 0.1) is 5.69 Å². The summed E-state index contributed by atoms with van der Waals surface area (Å²) in [7, 11) is 0. The fourth-order valence-corrected chi connectivity index (χ4v) is 1.83. The van der Waals surface area contributed by atoms with Crippen LogP contribution in [0.2, 0.25) is 5.02 Å². The van der Waals surface area contributed by atoms with Crippen LogP contribution in [0.25, 0.3) is 5.82 Å². The second kappa shape index (κ2) is 5.33. The number of amides is 1. The van der Waals surface area contributed by atoms with E-state index in [-0.39, 0.29) is 5.91 Å². The lowest BCUT2D eigenvalue weighted by molar-refractivity contribution is 0.102. The number of H-pyrrole nitrogens is 1. The Morgan fingerprint density at radius 2 is 2.14 bits per heavy atom. The molecule has 3 aromatic heterocycles. The average molecular weight is 304 g/mol. The van der Waals surface area contributed by atoms with Crippen LogP contribution >= 0.6 is 11.6 Å². The first-order chi connectivity index (χ1) is 10.1. The molecule has 3 heterocycles. The number of rotatable bonds is 3. The Bertz CT molecular complexity index is 781. The standard InChI is InChI=1S/C12H10ClN7O/c1-7-10(13)11(19-18-7)17-12(21)8-2-3-14-9(4-8)20-5-15-16-6-20/h2-6H,1H3,(H2,17,18,19,21). The van der Waals surface area contributed by atoms with Crippen LogP contribution in [0.3, 0.4) is 0 Å². The molecule has 0 spiro atoms. The minimum atomic E-state index is -0.333. The molecular formula is C12H10ClN7O. The van der Waals surface area contributed by atoms with Gasteiger partial charge in [-0.1, -0.05) is 11.6 Å². The Morgan fingerprint density at radius 3 is 2.81 bits per heavy atom. The van der Waals surface area contributed by atoms with Gasteiger partial charge in [0.2, 0.25) is 0 Å². The highest BCUT2D eigenvalue weighted by atomic mass is 35.5. The zero-order chi connectivity index (χ0) is 14.8. The van der Waals surface area contributed by atoms with Crippen LogP contribution in [0.4, 0.5) is 5.82 Å². The van der Waals surface area contributed by atoms with E-state index in [2.05, 4.69) is 30.7 Å². The molecule has 0 fully saturated rings. The number of aromatic amines is 1. The fraction of sp³-hybridized carbons (Fsp3) is 0.0833. The SMILES string of the molecule is Cc1[nH]nc(NC(=O)c2ccnc(-n3cnnc3)c2)c1Cl. The highest BCUT2D eigenvalue weighted by Crippen LogP contribution is 2.22. The van der Waals surface area contributed by atoms with Crippen LogP contribution < -0.4 is 5.32 Å². The first-order valence-corrected chi connectivity index (χ1v) is 6.36. The van der Waals surface area contributed by atoms with Gasteiger partial charge in [-0.3, -0.25) is 14.5 Å². The molecule has 3 rings (SSSR count). The lowest BCUT2D eigenvalue weighted by Gasteiger charge is -2.05. The maximum atomic E-state index is 12.2. The van der Waals surface area contributed by atoms with Crippen molar-refractivity contribution in [2.75, 3.05) is 5.32 Å². The molecule has 21 heavy (non-hydrogen) atoms. The normalized spacial score (nSPS) is 10.6. The van der Waals surface area contributed by atoms with E-state index in [1.807, 2.05) is 0 Å². The Balaban J connectivity index is 1.85. The number of anilines is 1. The summed E-state index contributed by atoms with van der Waals surface area (Å²) in [5, 5.41) is 17.0. The first-order valence-electron chi connectivity index (χ1n) is 5.98. The van der Waals surface area contributed by atoms with E-state index in [1.54, 1.807) is 23.6 Å². The van der Waals surface area contributed by atoms with E-state index in [0.29, 0.717) is 27.9 Å². The number of nitrogens with zero attached hydrogens (tertiary/aromatic N) is 5. The molecule has 0 bridgehead atoms. The van der Waals surface area contributed by atoms with Crippen LogP contribution in [0.5, 0.6) is 0 Å². The van der Waals surface area contributed by atoms with E-state index in [1.165, 1.54) is 18.9 Å². The molecule has 2 N–H and O–H groups in total. The third-order valence-corrected chi connectivity index (χ3v) is 3.26. The molecule has 0 aliphatic heterocycles. The van der Waals surface area contributed by atoms with Gasteiger partial charge in [0.15, 0.2) is 5.82 Å². The number of aryl methyl sites for hydroxylation is 1. The van der Waals surface area contributed by atoms with Gasteiger partial charge in [0.1, 0.15) is 23.5 Å². The van der Waals surface area contributed by atoms with Gasteiger partial charge in [0.25, 0.3) is 5.91 Å². The van der Waals surface area contributed by atoms with Crippen LogP contribution in [-0.4, -0.2) is 35.9 Å². The molecule has 106 valence electrons. The monoisotopic (exact) mass is 303 g/mol. The van der Waals surface area contributed by atoms with Crippen LogP contribution in [0.1, 0.15) is 16.1 Å². The summed E-state index contributed by atoms with van der Waals surface area (Å²) < 4.78 is 1.60. The molecule has 0 aliphatic rings. The number of nitrogens with one attached hydrogen (secondary N) is 2. The van der Waals surface area contributed by atoms with E-state index in [9.17, 15) is 4.79 Å². The molecular weight excluding hydrogens is 294 g/mol. The van der Waals surface area contributed by atoms with E-state index < -0.39 is 0 Å². The number of pyridine rings is 1. The lowest BCUT2D eigenvalue weighted by atomic mass is 10.2. The molecule has 8 nitrogen and oxygen atoms in total. The predicted molar refractivity (Wildman–Crippen MR) is 75.4 cm³/mol. The van der Waals surface area contributed by atoms with Gasteiger partial charge < -0.3 is 5.32 Å².